The smallest absolute Gasteiger partial charge is 0.261 e. The minimum Gasteiger partial charge on any atom is -0.490 e. The van der Waals surface area contributed by atoms with E-state index in [1.165, 1.54) is 23.9 Å². The lowest BCUT2D eigenvalue weighted by atomic mass is 10.0. The standard InChI is InChI=1S/C33H45N5O7S/c1-23-18-38(24(2)21-39)33(41)28-17-27(35-32(40)26-12-7-6-8-13-26)14-15-29(28)45-25(3)11-9-10-16-44-30(23)19-37(5)46(42,43)31-20-36(4)22-34-31/h6-8,12-15,17,20,22-25,30,39H,9-11,16,18-19,21H2,1-5H3,(H,35,40)/t23-,24+,25-,30-/m1/s1. The van der Waals surface area contributed by atoms with Gasteiger partial charge >= 0.3 is 0 Å². The molecule has 46 heavy (non-hydrogen) atoms. The van der Waals surface area contributed by atoms with Crippen molar-refractivity contribution in [1.29, 1.82) is 0 Å². The molecule has 13 heteroatoms. The van der Waals surface area contributed by atoms with Crippen LogP contribution < -0.4 is 10.1 Å². The normalized spacial score (nSPS) is 20.8. The van der Waals surface area contributed by atoms with Crippen LogP contribution >= 0.6 is 0 Å². The Morgan fingerprint density at radius 3 is 2.59 bits per heavy atom. The molecule has 3 aromatic rings. The molecule has 0 fully saturated rings. The van der Waals surface area contributed by atoms with Gasteiger partial charge in [-0.15, -0.1) is 0 Å². The fraction of sp³-hybridized carbons (Fsp3) is 0.485. The van der Waals surface area contributed by atoms with E-state index in [1.807, 2.05) is 19.9 Å². The molecule has 1 aliphatic heterocycles. The van der Waals surface area contributed by atoms with Gasteiger partial charge in [-0.05, 0) is 63.4 Å². The number of likely N-dealkylation sites (N-methyl/N-ethyl adjacent to an activating group) is 1. The van der Waals surface area contributed by atoms with E-state index in [1.54, 1.807) is 65.9 Å². The van der Waals surface area contributed by atoms with E-state index >= 15 is 0 Å². The average molecular weight is 656 g/mol. The zero-order valence-electron chi connectivity index (χ0n) is 27.1. The topological polar surface area (TPSA) is 143 Å². The summed E-state index contributed by atoms with van der Waals surface area (Å²) < 4.78 is 41.9. The molecule has 2 amide bonds. The third-order valence-corrected chi connectivity index (χ3v) is 9.85. The van der Waals surface area contributed by atoms with Crippen LogP contribution in [0.1, 0.15) is 60.7 Å². The molecule has 0 spiro atoms. The van der Waals surface area contributed by atoms with Gasteiger partial charge in [-0.25, -0.2) is 13.4 Å². The summed E-state index contributed by atoms with van der Waals surface area (Å²) in [4.78, 5) is 32.8. The van der Waals surface area contributed by atoms with E-state index in [-0.39, 0.29) is 48.2 Å². The lowest BCUT2D eigenvalue weighted by Gasteiger charge is -2.35. The number of amides is 2. The zero-order valence-corrected chi connectivity index (χ0v) is 27.9. The lowest BCUT2D eigenvalue weighted by molar-refractivity contribution is -0.00835. The first-order chi connectivity index (χ1) is 21.9. The molecule has 2 aromatic carbocycles. The fourth-order valence-corrected chi connectivity index (χ4v) is 6.43. The molecule has 0 saturated carbocycles. The van der Waals surface area contributed by atoms with E-state index < -0.39 is 28.1 Å². The van der Waals surface area contributed by atoms with Gasteiger partial charge < -0.3 is 29.4 Å². The van der Waals surface area contributed by atoms with Gasteiger partial charge in [-0.2, -0.15) is 4.31 Å². The molecule has 250 valence electrons. The molecular formula is C33H45N5O7S. The number of aliphatic hydroxyl groups is 1. The van der Waals surface area contributed by atoms with Crippen LogP contribution in [0.2, 0.25) is 0 Å². The molecule has 4 rings (SSSR count). The number of anilines is 1. The molecule has 4 atom stereocenters. The highest BCUT2D eigenvalue weighted by atomic mass is 32.2. The van der Waals surface area contributed by atoms with Crippen LogP contribution in [0.5, 0.6) is 5.75 Å². The molecule has 1 aromatic heterocycles. The number of carbonyl (C=O) groups is 2. The third kappa shape index (κ3) is 8.72. The minimum atomic E-state index is -3.88. The molecule has 0 saturated heterocycles. The van der Waals surface area contributed by atoms with Crippen molar-refractivity contribution in [3.63, 3.8) is 0 Å². The number of aromatic nitrogens is 2. The summed E-state index contributed by atoms with van der Waals surface area (Å²) in [6.07, 6.45) is 4.35. The second kappa shape index (κ2) is 15.7. The lowest BCUT2D eigenvalue weighted by Crippen LogP contribution is -2.48. The minimum absolute atomic E-state index is 0.0430. The Balaban J connectivity index is 1.65. The Morgan fingerprint density at radius 1 is 1.17 bits per heavy atom. The van der Waals surface area contributed by atoms with Crippen LogP contribution in [-0.4, -0.2) is 95.7 Å². The molecule has 0 radical (unpaired) electrons. The van der Waals surface area contributed by atoms with Crippen molar-refractivity contribution < 1.29 is 32.6 Å². The summed E-state index contributed by atoms with van der Waals surface area (Å²) in [5.41, 5.74) is 1.14. The number of fused-ring (bicyclic) bond motifs is 1. The molecule has 0 aliphatic carbocycles. The molecular weight excluding hydrogens is 610 g/mol. The fourth-order valence-electron chi connectivity index (χ4n) is 5.29. The summed E-state index contributed by atoms with van der Waals surface area (Å²) in [6, 6.07) is 13.2. The predicted molar refractivity (Wildman–Crippen MR) is 174 cm³/mol. The van der Waals surface area contributed by atoms with E-state index in [0.717, 1.165) is 12.8 Å². The van der Waals surface area contributed by atoms with E-state index in [0.29, 0.717) is 30.0 Å². The van der Waals surface area contributed by atoms with Crippen molar-refractivity contribution in [2.24, 2.45) is 13.0 Å². The van der Waals surface area contributed by atoms with Crippen LogP contribution in [0.15, 0.2) is 66.1 Å². The van der Waals surface area contributed by atoms with Crippen molar-refractivity contribution in [2.75, 3.05) is 38.7 Å². The number of aryl methyl sites for hydroxylation is 1. The summed E-state index contributed by atoms with van der Waals surface area (Å²) in [5, 5.41) is 13.0. The van der Waals surface area contributed by atoms with Gasteiger partial charge in [0, 0.05) is 57.2 Å². The first-order valence-corrected chi connectivity index (χ1v) is 17.0. The van der Waals surface area contributed by atoms with Gasteiger partial charge in [0.15, 0.2) is 5.03 Å². The number of imidazole rings is 1. The number of aliphatic hydroxyl groups excluding tert-OH is 1. The van der Waals surface area contributed by atoms with Crippen LogP contribution in [0, 0.1) is 5.92 Å². The third-order valence-electron chi connectivity index (χ3n) is 8.14. The van der Waals surface area contributed by atoms with Crippen molar-refractivity contribution in [3.8, 4) is 5.75 Å². The number of hydrogen-bond acceptors (Lipinski definition) is 8. The second-order valence-electron chi connectivity index (χ2n) is 12.0. The monoisotopic (exact) mass is 655 g/mol. The van der Waals surface area contributed by atoms with E-state index in [4.69, 9.17) is 9.47 Å². The van der Waals surface area contributed by atoms with E-state index in [2.05, 4.69) is 10.3 Å². The highest BCUT2D eigenvalue weighted by molar-refractivity contribution is 7.89. The van der Waals surface area contributed by atoms with Crippen LogP contribution in [-0.2, 0) is 21.8 Å². The summed E-state index contributed by atoms with van der Waals surface area (Å²) in [6.45, 7) is 5.89. The average Bonchev–Trinajstić information content (AvgIpc) is 3.49. The van der Waals surface area contributed by atoms with E-state index in [9.17, 15) is 23.1 Å². The van der Waals surface area contributed by atoms with Gasteiger partial charge in [0.2, 0.25) is 0 Å². The van der Waals surface area contributed by atoms with Crippen LogP contribution in [0.25, 0.3) is 0 Å². The molecule has 1 aliphatic rings. The summed E-state index contributed by atoms with van der Waals surface area (Å²) in [5.74, 6) is -0.658. The number of ether oxygens (including phenoxy) is 2. The summed E-state index contributed by atoms with van der Waals surface area (Å²) in [7, 11) is -0.687. The first-order valence-electron chi connectivity index (χ1n) is 15.6. The van der Waals surface area contributed by atoms with Crippen LogP contribution in [0.4, 0.5) is 5.69 Å². The maximum Gasteiger partial charge on any atom is 0.261 e. The summed E-state index contributed by atoms with van der Waals surface area (Å²) >= 11 is 0. The number of carbonyl (C=O) groups excluding carboxylic acids is 2. The van der Waals surface area contributed by atoms with Gasteiger partial charge in [0.25, 0.3) is 21.8 Å². The second-order valence-corrected chi connectivity index (χ2v) is 14.0. The largest absolute Gasteiger partial charge is 0.490 e. The van der Waals surface area contributed by atoms with Crippen molar-refractivity contribution in [3.05, 3.63) is 72.2 Å². The number of benzene rings is 2. The molecule has 2 N–H and O–H groups in total. The highest BCUT2D eigenvalue weighted by Crippen LogP contribution is 2.29. The zero-order chi connectivity index (χ0) is 33.4. The molecule has 12 nitrogen and oxygen atoms in total. The predicted octanol–water partition coefficient (Wildman–Crippen LogP) is 3.79. The van der Waals surface area contributed by atoms with Crippen molar-refractivity contribution in [1.82, 2.24) is 18.8 Å². The number of hydrogen-bond donors (Lipinski definition) is 2. The Labute approximate surface area is 271 Å². The van der Waals surface area contributed by atoms with Gasteiger partial charge in [0.1, 0.15) is 5.75 Å². The molecule has 0 unspecified atom stereocenters. The first kappa shape index (κ1) is 35.1. The SMILES string of the molecule is C[C@@H]1CCCCO[C@H](CN(C)S(=O)(=O)c2cn(C)cn2)[C@H](C)CN([C@@H](C)CO)C(=O)c2cc(NC(=O)c3ccccc3)ccc2O1. The Hall–Kier alpha value is -3.78. The number of nitrogens with zero attached hydrogens (tertiary/aromatic N) is 4. The quantitative estimate of drug-likeness (QED) is 0.373. The highest BCUT2D eigenvalue weighted by Gasteiger charge is 2.33. The number of sulfonamides is 1. The number of rotatable bonds is 8. The Kier molecular flexibility index (Phi) is 12.0. The maximum absolute atomic E-state index is 14.3. The van der Waals surface area contributed by atoms with Gasteiger partial charge in [-0.3, -0.25) is 9.59 Å². The Morgan fingerprint density at radius 2 is 1.91 bits per heavy atom. The Bertz CT molecular complexity index is 1580. The van der Waals surface area contributed by atoms with Crippen LogP contribution in [0.3, 0.4) is 0 Å². The molecule has 2 heterocycles. The van der Waals surface area contributed by atoms with Crippen molar-refractivity contribution in [2.45, 2.75) is 63.3 Å². The van der Waals surface area contributed by atoms with Gasteiger partial charge in [0.05, 0.1) is 36.7 Å². The van der Waals surface area contributed by atoms with Crippen molar-refractivity contribution >= 4 is 27.5 Å². The molecule has 0 bridgehead atoms. The number of nitrogens with one attached hydrogen (secondary N) is 1. The maximum atomic E-state index is 14.3. The van der Waals surface area contributed by atoms with Gasteiger partial charge in [-0.1, -0.05) is 25.1 Å².